The molecule has 4 aromatic rings. The molecule has 0 spiro atoms. The minimum absolute atomic E-state index is 0.0934. The number of amides is 1. The molecule has 0 atom stereocenters. The summed E-state index contributed by atoms with van der Waals surface area (Å²) in [5.74, 6) is 0.288. The second kappa shape index (κ2) is 8.36. The third-order valence-corrected chi connectivity index (χ3v) is 5.58. The van der Waals surface area contributed by atoms with Crippen molar-refractivity contribution in [3.8, 4) is 17.1 Å². The molecule has 0 aliphatic heterocycles. The summed E-state index contributed by atoms with van der Waals surface area (Å²) < 4.78 is 1.69. The van der Waals surface area contributed by atoms with E-state index in [1.165, 1.54) is 5.56 Å². The van der Waals surface area contributed by atoms with E-state index in [1.54, 1.807) is 10.7 Å². The molecule has 6 heteroatoms. The predicted octanol–water partition coefficient (Wildman–Crippen LogP) is 6.07. The van der Waals surface area contributed by atoms with E-state index in [4.69, 9.17) is 11.6 Å². The molecule has 0 bridgehead atoms. The summed E-state index contributed by atoms with van der Waals surface area (Å²) in [7, 11) is 0. The van der Waals surface area contributed by atoms with Gasteiger partial charge in [0.25, 0.3) is 5.91 Å². The van der Waals surface area contributed by atoms with Gasteiger partial charge in [-0.25, -0.2) is 9.67 Å². The second-order valence-electron chi connectivity index (χ2n) is 7.67. The molecule has 0 radical (unpaired) electrons. The zero-order chi connectivity index (χ0) is 22.1. The Hall–Kier alpha value is -3.44. The zero-order valence-corrected chi connectivity index (χ0v) is 18.7. The van der Waals surface area contributed by atoms with Crippen LogP contribution in [-0.2, 0) is 0 Å². The molecular weight excluding hydrogens is 408 g/mol. The first-order valence-electron chi connectivity index (χ1n) is 10.0. The van der Waals surface area contributed by atoms with Gasteiger partial charge in [-0.15, -0.1) is 5.10 Å². The lowest BCUT2D eigenvalue weighted by atomic mass is 10.1. The number of nitrogens with zero attached hydrogens (tertiary/aromatic N) is 3. The highest BCUT2D eigenvalue weighted by molar-refractivity contribution is 6.30. The molecule has 1 N–H and O–H groups in total. The molecule has 0 aliphatic rings. The highest BCUT2D eigenvalue weighted by Crippen LogP contribution is 2.26. The van der Waals surface area contributed by atoms with Crippen LogP contribution in [0.25, 0.3) is 17.1 Å². The normalized spacial score (nSPS) is 10.9. The summed E-state index contributed by atoms with van der Waals surface area (Å²) in [5.41, 5.74) is 6.67. The summed E-state index contributed by atoms with van der Waals surface area (Å²) >= 11 is 6.21. The summed E-state index contributed by atoms with van der Waals surface area (Å²) in [6.45, 7) is 8.02. The van der Waals surface area contributed by atoms with Crippen molar-refractivity contribution in [3.63, 3.8) is 0 Å². The van der Waals surface area contributed by atoms with E-state index >= 15 is 0 Å². The number of hydrogen-bond donors (Lipinski definition) is 1. The number of carbonyl (C=O) groups excluding carboxylic acids is 1. The number of hydrogen-bond acceptors (Lipinski definition) is 3. The van der Waals surface area contributed by atoms with Gasteiger partial charge in [0.05, 0.1) is 5.69 Å². The number of anilines is 1. The van der Waals surface area contributed by atoms with Gasteiger partial charge >= 0.3 is 0 Å². The van der Waals surface area contributed by atoms with Gasteiger partial charge in [0.2, 0.25) is 5.82 Å². The Morgan fingerprint density at radius 1 is 0.871 bits per heavy atom. The fourth-order valence-electron chi connectivity index (χ4n) is 3.44. The Balaban J connectivity index is 1.81. The van der Waals surface area contributed by atoms with Crippen molar-refractivity contribution in [2.24, 2.45) is 0 Å². The van der Waals surface area contributed by atoms with Crippen molar-refractivity contribution in [2.45, 2.75) is 27.7 Å². The fraction of sp³-hybridized carbons (Fsp3) is 0.160. The maximum atomic E-state index is 13.1. The molecule has 0 fully saturated rings. The van der Waals surface area contributed by atoms with Crippen LogP contribution in [0.2, 0.25) is 5.02 Å². The summed E-state index contributed by atoms with van der Waals surface area (Å²) in [5, 5.41) is 8.12. The molecule has 0 aliphatic carbocycles. The van der Waals surface area contributed by atoms with Gasteiger partial charge in [-0.2, -0.15) is 0 Å². The standard InChI is InChI=1S/C25H23ClN4O/c1-15-11-12-21(13-18(15)4)30-24(19-9-6-10-20(26)14-19)28-23(29-30)25(31)27-22-16(2)7-5-8-17(22)3/h5-14H,1-4H3,(H,27,31). The van der Waals surface area contributed by atoms with Crippen molar-refractivity contribution in [1.82, 2.24) is 14.8 Å². The number of rotatable bonds is 4. The first kappa shape index (κ1) is 20.8. The monoisotopic (exact) mass is 430 g/mol. The fourth-order valence-corrected chi connectivity index (χ4v) is 3.63. The van der Waals surface area contributed by atoms with Crippen molar-refractivity contribution in [3.05, 3.63) is 93.8 Å². The summed E-state index contributed by atoms with van der Waals surface area (Å²) in [6.07, 6.45) is 0. The highest BCUT2D eigenvalue weighted by atomic mass is 35.5. The Morgan fingerprint density at radius 2 is 1.58 bits per heavy atom. The van der Waals surface area contributed by atoms with Crippen LogP contribution >= 0.6 is 11.6 Å². The molecule has 31 heavy (non-hydrogen) atoms. The third-order valence-electron chi connectivity index (χ3n) is 5.35. The second-order valence-corrected chi connectivity index (χ2v) is 8.11. The smallest absolute Gasteiger partial charge is 0.295 e. The lowest BCUT2D eigenvalue weighted by Gasteiger charge is -2.09. The third kappa shape index (κ3) is 4.23. The van der Waals surface area contributed by atoms with E-state index in [0.29, 0.717) is 10.8 Å². The minimum atomic E-state index is -0.358. The molecule has 156 valence electrons. The molecule has 1 heterocycles. The maximum absolute atomic E-state index is 13.1. The van der Waals surface area contributed by atoms with Crippen molar-refractivity contribution >= 4 is 23.2 Å². The Morgan fingerprint density at radius 3 is 2.26 bits per heavy atom. The van der Waals surface area contributed by atoms with Gasteiger partial charge < -0.3 is 5.32 Å². The number of aromatic nitrogens is 3. The zero-order valence-electron chi connectivity index (χ0n) is 17.9. The highest BCUT2D eigenvalue weighted by Gasteiger charge is 2.20. The van der Waals surface area contributed by atoms with Gasteiger partial charge in [0.15, 0.2) is 5.82 Å². The Labute approximate surface area is 186 Å². The molecule has 1 aromatic heterocycles. The molecule has 1 amide bonds. The average Bonchev–Trinajstić information content (AvgIpc) is 3.18. The van der Waals surface area contributed by atoms with Crippen LogP contribution in [0.15, 0.2) is 60.7 Å². The molecular formula is C25H23ClN4O. The van der Waals surface area contributed by atoms with E-state index in [0.717, 1.165) is 33.6 Å². The number of para-hydroxylation sites is 1. The topological polar surface area (TPSA) is 59.8 Å². The number of aryl methyl sites for hydroxylation is 4. The quantitative estimate of drug-likeness (QED) is 0.427. The van der Waals surface area contributed by atoms with Crippen LogP contribution < -0.4 is 5.32 Å². The van der Waals surface area contributed by atoms with Crippen molar-refractivity contribution in [2.75, 3.05) is 5.32 Å². The van der Waals surface area contributed by atoms with Gasteiger partial charge in [-0.05, 0) is 74.2 Å². The van der Waals surface area contributed by atoms with Crippen LogP contribution in [-0.4, -0.2) is 20.7 Å². The van der Waals surface area contributed by atoms with Gasteiger partial charge in [-0.1, -0.05) is 48.0 Å². The average molecular weight is 431 g/mol. The van der Waals surface area contributed by atoms with Crippen molar-refractivity contribution in [1.29, 1.82) is 0 Å². The van der Waals surface area contributed by atoms with Gasteiger partial charge in [0.1, 0.15) is 0 Å². The molecule has 0 saturated heterocycles. The predicted molar refractivity (Wildman–Crippen MR) is 125 cm³/mol. The van der Waals surface area contributed by atoms with Crippen LogP contribution in [0.3, 0.4) is 0 Å². The van der Waals surface area contributed by atoms with Gasteiger partial charge in [-0.3, -0.25) is 4.79 Å². The van der Waals surface area contributed by atoms with E-state index in [-0.39, 0.29) is 11.7 Å². The molecule has 3 aromatic carbocycles. The SMILES string of the molecule is Cc1ccc(-n2nc(C(=O)Nc3c(C)cccc3C)nc2-c2cccc(Cl)c2)cc1C. The van der Waals surface area contributed by atoms with E-state index in [1.807, 2.05) is 75.4 Å². The van der Waals surface area contributed by atoms with Crippen molar-refractivity contribution < 1.29 is 4.79 Å². The largest absolute Gasteiger partial charge is 0.319 e. The molecule has 0 saturated carbocycles. The van der Waals surface area contributed by atoms with E-state index in [2.05, 4.69) is 22.3 Å². The molecule has 0 unspecified atom stereocenters. The van der Waals surface area contributed by atoms with Crippen LogP contribution in [0.5, 0.6) is 0 Å². The van der Waals surface area contributed by atoms with E-state index < -0.39 is 0 Å². The molecule has 5 nitrogen and oxygen atoms in total. The van der Waals surface area contributed by atoms with Crippen LogP contribution in [0, 0.1) is 27.7 Å². The summed E-state index contributed by atoms with van der Waals surface area (Å²) in [4.78, 5) is 17.6. The van der Waals surface area contributed by atoms with E-state index in [9.17, 15) is 4.79 Å². The van der Waals surface area contributed by atoms with Gasteiger partial charge in [0, 0.05) is 16.3 Å². The number of halogens is 1. The number of carbonyl (C=O) groups is 1. The van der Waals surface area contributed by atoms with Crippen LogP contribution in [0.1, 0.15) is 32.9 Å². The first-order valence-corrected chi connectivity index (χ1v) is 10.4. The number of nitrogens with one attached hydrogen (secondary N) is 1. The Bertz CT molecular complexity index is 1270. The Kier molecular flexibility index (Phi) is 5.61. The minimum Gasteiger partial charge on any atom is -0.319 e. The lowest BCUT2D eigenvalue weighted by molar-refractivity contribution is 0.101. The molecule has 4 rings (SSSR count). The van der Waals surface area contributed by atoms with Crippen LogP contribution in [0.4, 0.5) is 5.69 Å². The lowest BCUT2D eigenvalue weighted by Crippen LogP contribution is -2.16. The summed E-state index contributed by atoms with van der Waals surface area (Å²) in [6, 6.07) is 19.3. The first-order chi connectivity index (χ1) is 14.8. The maximum Gasteiger partial charge on any atom is 0.295 e. The number of benzene rings is 3.